The van der Waals surface area contributed by atoms with Crippen molar-refractivity contribution in [3.8, 4) is 0 Å². The fourth-order valence-corrected chi connectivity index (χ4v) is 1.63. The van der Waals surface area contributed by atoms with Crippen molar-refractivity contribution in [3.05, 3.63) is 33.7 Å². The molecule has 1 unspecified atom stereocenters. The summed E-state index contributed by atoms with van der Waals surface area (Å²) >= 11 is 11.2. The maximum Gasteiger partial charge on any atom is 0.105 e. The lowest BCUT2D eigenvalue weighted by atomic mass is 10.1. The number of hydrogen-bond donors (Lipinski definition) is 1. The second-order valence-corrected chi connectivity index (χ2v) is 4.23. The van der Waals surface area contributed by atoms with Crippen LogP contribution in [0.5, 0.6) is 0 Å². The topological polar surface area (TPSA) is 25.2 Å². The summed E-state index contributed by atoms with van der Waals surface area (Å²) in [6.07, 6.45) is 0. The van der Waals surface area contributed by atoms with Gasteiger partial charge in [-0.15, -0.1) is 0 Å². The van der Waals surface area contributed by atoms with Crippen LogP contribution in [0.1, 0.15) is 30.0 Å². The summed E-state index contributed by atoms with van der Waals surface area (Å²) in [7, 11) is 0. The van der Waals surface area contributed by atoms with Gasteiger partial charge in [0.05, 0.1) is 0 Å². The molecule has 4 heteroatoms. The zero-order chi connectivity index (χ0) is 11.4. The molecule has 1 heterocycles. The van der Waals surface area contributed by atoms with Gasteiger partial charge >= 0.3 is 0 Å². The van der Waals surface area contributed by atoms with Crippen molar-refractivity contribution in [2.24, 2.45) is 0 Å². The van der Waals surface area contributed by atoms with Crippen molar-refractivity contribution in [1.82, 2.24) is 5.32 Å². The van der Waals surface area contributed by atoms with Gasteiger partial charge in [0, 0.05) is 28.7 Å². The van der Waals surface area contributed by atoms with E-state index in [9.17, 15) is 0 Å². The lowest BCUT2D eigenvalue weighted by Crippen LogP contribution is -2.20. The van der Waals surface area contributed by atoms with E-state index in [4.69, 9.17) is 27.6 Å². The highest BCUT2D eigenvalue weighted by atomic mass is 35.5. The molecule has 15 heavy (non-hydrogen) atoms. The minimum Gasteiger partial charge on any atom is -0.466 e. The number of hydrogen-bond acceptors (Lipinski definition) is 2. The molecule has 84 valence electrons. The van der Waals surface area contributed by atoms with Crippen molar-refractivity contribution < 1.29 is 4.42 Å². The number of nitrogens with one attached hydrogen (secondary N) is 1. The Morgan fingerprint density at radius 2 is 2.27 bits per heavy atom. The zero-order valence-corrected chi connectivity index (χ0v) is 10.6. The lowest BCUT2D eigenvalue weighted by molar-refractivity contribution is 0.493. The van der Waals surface area contributed by atoms with E-state index >= 15 is 0 Å². The number of aryl methyl sites for hydroxylation is 2. The molecule has 0 aromatic carbocycles. The Morgan fingerprint density at radius 3 is 2.73 bits per heavy atom. The maximum atomic E-state index is 5.79. The highest BCUT2D eigenvalue weighted by Gasteiger charge is 2.11. The Hall–Kier alpha value is -0.440. The van der Waals surface area contributed by atoms with E-state index < -0.39 is 0 Å². The highest BCUT2D eigenvalue weighted by molar-refractivity contribution is 6.36. The first-order valence-electron chi connectivity index (χ1n) is 4.79. The third kappa shape index (κ3) is 3.56. The molecule has 0 bridgehead atoms. The molecule has 1 N–H and O–H groups in total. The minimum absolute atomic E-state index is 0.202. The van der Waals surface area contributed by atoms with E-state index in [1.54, 1.807) is 0 Å². The van der Waals surface area contributed by atoms with Crippen molar-refractivity contribution in [2.45, 2.75) is 26.8 Å². The van der Waals surface area contributed by atoms with Gasteiger partial charge in [-0.25, -0.2) is 0 Å². The second kappa shape index (κ2) is 5.59. The van der Waals surface area contributed by atoms with Gasteiger partial charge in [-0.05, 0) is 26.8 Å². The number of rotatable bonds is 4. The third-order valence-corrected chi connectivity index (χ3v) is 2.86. The van der Waals surface area contributed by atoms with E-state index in [1.807, 2.05) is 19.9 Å². The average molecular weight is 248 g/mol. The molecule has 1 atom stereocenters. The third-order valence-electron chi connectivity index (χ3n) is 2.24. The van der Waals surface area contributed by atoms with Crippen LogP contribution in [0, 0.1) is 13.8 Å². The van der Waals surface area contributed by atoms with Crippen LogP contribution >= 0.6 is 23.2 Å². The summed E-state index contributed by atoms with van der Waals surface area (Å²) in [6, 6.07) is 2.23. The molecule has 0 aliphatic carbocycles. The van der Waals surface area contributed by atoms with Crippen LogP contribution in [0.15, 0.2) is 21.1 Å². The van der Waals surface area contributed by atoms with Crippen LogP contribution in [0.25, 0.3) is 0 Å². The summed E-state index contributed by atoms with van der Waals surface area (Å²) in [5.41, 5.74) is 2.53. The van der Waals surface area contributed by atoms with Gasteiger partial charge in [0.25, 0.3) is 0 Å². The molecule has 2 nitrogen and oxygen atoms in total. The second-order valence-electron chi connectivity index (χ2n) is 3.53. The summed E-state index contributed by atoms with van der Waals surface area (Å²) in [4.78, 5) is 0. The fraction of sp³-hybridized carbons (Fsp3) is 0.455. The van der Waals surface area contributed by atoms with Crippen LogP contribution in [0.4, 0.5) is 0 Å². The monoisotopic (exact) mass is 247 g/mol. The normalized spacial score (nSPS) is 14.3. The zero-order valence-electron chi connectivity index (χ0n) is 9.10. The van der Waals surface area contributed by atoms with Gasteiger partial charge < -0.3 is 9.73 Å². The van der Waals surface area contributed by atoms with Gasteiger partial charge in [0.2, 0.25) is 0 Å². The van der Waals surface area contributed by atoms with Crippen LogP contribution in [0.2, 0.25) is 0 Å². The van der Waals surface area contributed by atoms with Gasteiger partial charge in [-0.2, -0.15) is 0 Å². The molecule has 0 aliphatic rings. The molecule has 1 rings (SSSR count). The molecular weight excluding hydrogens is 233 g/mol. The predicted molar refractivity (Wildman–Crippen MR) is 64.4 cm³/mol. The standard InChI is InChI=1S/C11H15Cl2NO/c1-7-4-11(9(3)15-7)8(2)14-6-10(13)5-12/h4-5,8,14H,6H2,1-3H3. The van der Waals surface area contributed by atoms with Crippen molar-refractivity contribution >= 4 is 23.2 Å². The fourth-order valence-electron chi connectivity index (χ4n) is 1.48. The Morgan fingerprint density at radius 1 is 1.60 bits per heavy atom. The number of halogens is 2. The van der Waals surface area contributed by atoms with E-state index in [-0.39, 0.29) is 6.04 Å². The Balaban J connectivity index is 2.61. The summed E-state index contributed by atoms with van der Waals surface area (Å²) in [5.74, 6) is 1.87. The van der Waals surface area contributed by atoms with Crippen LogP contribution in [-0.2, 0) is 0 Å². The summed E-state index contributed by atoms with van der Waals surface area (Å²) in [5, 5.41) is 3.86. The highest BCUT2D eigenvalue weighted by Crippen LogP contribution is 2.21. The molecule has 1 aromatic heterocycles. The number of furan rings is 1. The van der Waals surface area contributed by atoms with Crippen LogP contribution in [0.3, 0.4) is 0 Å². The van der Waals surface area contributed by atoms with Crippen molar-refractivity contribution in [3.63, 3.8) is 0 Å². The molecular formula is C11H15Cl2NO. The average Bonchev–Trinajstić information content (AvgIpc) is 2.53. The molecule has 1 aromatic rings. The van der Waals surface area contributed by atoms with Gasteiger partial charge in [-0.1, -0.05) is 23.2 Å². The van der Waals surface area contributed by atoms with Crippen LogP contribution in [-0.4, -0.2) is 6.54 Å². The van der Waals surface area contributed by atoms with Crippen molar-refractivity contribution in [1.29, 1.82) is 0 Å². The van der Waals surface area contributed by atoms with Crippen LogP contribution < -0.4 is 5.32 Å². The van der Waals surface area contributed by atoms with E-state index in [1.165, 1.54) is 5.54 Å². The Bertz CT molecular complexity index is 357. The molecule has 0 saturated carbocycles. The van der Waals surface area contributed by atoms with E-state index in [0.717, 1.165) is 17.1 Å². The molecule has 0 aliphatic heterocycles. The smallest absolute Gasteiger partial charge is 0.105 e. The minimum atomic E-state index is 0.202. The summed E-state index contributed by atoms with van der Waals surface area (Å²) < 4.78 is 5.46. The largest absolute Gasteiger partial charge is 0.466 e. The quantitative estimate of drug-likeness (QED) is 0.875. The van der Waals surface area contributed by atoms with Gasteiger partial charge in [0.1, 0.15) is 11.5 Å². The Labute approximate surface area is 100 Å². The molecule has 0 spiro atoms. The first-order chi connectivity index (χ1) is 7.04. The lowest BCUT2D eigenvalue weighted by Gasteiger charge is -2.12. The van der Waals surface area contributed by atoms with E-state index in [2.05, 4.69) is 12.2 Å². The Kier molecular flexibility index (Phi) is 4.71. The SMILES string of the molecule is Cc1cc(C(C)NCC(Cl)=CCl)c(C)o1. The first-order valence-corrected chi connectivity index (χ1v) is 5.61. The molecule has 0 saturated heterocycles. The maximum absolute atomic E-state index is 5.79. The van der Waals surface area contributed by atoms with Crippen molar-refractivity contribution in [2.75, 3.05) is 6.54 Å². The summed E-state index contributed by atoms with van der Waals surface area (Å²) in [6.45, 7) is 6.53. The first kappa shape index (κ1) is 12.6. The molecule has 0 amide bonds. The van der Waals surface area contributed by atoms with Gasteiger partial charge in [0.15, 0.2) is 0 Å². The van der Waals surface area contributed by atoms with E-state index in [0.29, 0.717) is 11.6 Å². The van der Waals surface area contributed by atoms with Gasteiger partial charge in [-0.3, -0.25) is 0 Å². The molecule has 0 radical (unpaired) electrons. The molecule has 0 fully saturated rings. The predicted octanol–water partition coefficient (Wildman–Crippen LogP) is 3.87.